The van der Waals surface area contributed by atoms with E-state index in [4.69, 9.17) is 10.8 Å². The molecule has 1 atom stereocenters. The molecule has 116 valence electrons. The fraction of sp³-hybridized carbons (Fsp3) is 0.846. The summed E-state index contributed by atoms with van der Waals surface area (Å²) < 4.78 is 0. The second kappa shape index (κ2) is 7.01. The van der Waals surface area contributed by atoms with Gasteiger partial charge in [-0.3, -0.25) is 14.5 Å². The predicted molar refractivity (Wildman–Crippen MR) is 74.2 cm³/mol. The second-order valence-corrected chi connectivity index (χ2v) is 5.95. The van der Waals surface area contributed by atoms with Crippen LogP contribution in [-0.2, 0) is 9.59 Å². The van der Waals surface area contributed by atoms with Gasteiger partial charge in [0.05, 0.1) is 11.6 Å². The normalized spacial score (nSPS) is 18.9. The lowest BCUT2D eigenvalue weighted by molar-refractivity contribution is -0.138. The summed E-state index contributed by atoms with van der Waals surface area (Å²) >= 11 is 0. The minimum absolute atomic E-state index is 0.0917. The summed E-state index contributed by atoms with van der Waals surface area (Å²) in [5.74, 6) is -1.13. The van der Waals surface area contributed by atoms with Crippen molar-refractivity contribution in [3.63, 3.8) is 0 Å². The van der Waals surface area contributed by atoms with Crippen molar-refractivity contribution in [3.8, 4) is 0 Å². The number of aliphatic carboxylic acids is 1. The zero-order valence-corrected chi connectivity index (χ0v) is 12.2. The third-order valence-corrected chi connectivity index (χ3v) is 3.28. The molecule has 0 aromatic heterocycles. The van der Waals surface area contributed by atoms with Crippen molar-refractivity contribution >= 4 is 11.9 Å². The Morgan fingerprint density at radius 1 is 1.25 bits per heavy atom. The Bertz CT molecular complexity index is 346. The van der Waals surface area contributed by atoms with Crippen LogP contribution in [0.5, 0.6) is 0 Å². The van der Waals surface area contributed by atoms with Crippen LogP contribution in [0.15, 0.2) is 0 Å². The summed E-state index contributed by atoms with van der Waals surface area (Å²) in [6.07, 6.45) is 0.0730. The highest BCUT2D eigenvalue weighted by Gasteiger charge is 2.27. The van der Waals surface area contributed by atoms with Gasteiger partial charge in [-0.1, -0.05) is 0 Å². The number of nitrogens with two attached hydrogens (primary N) is 1. The summed E-state index contributed by atoms with van der Waals surface area (Å²) in [7, 11) is 0. The van der Waals surface area contributed by atoms with Crippen LogP contribution in [0.2, 0.25) is 0 Å². The molecule has 0 spiro atoms. The minimum Gasteiger partial charge on any atom is -0.481 e. The topological polar surface area (TPSA) is 107 Å². The van der Waals surface area contributed by atoms with E-state index in [1.54, 1.807) is 18.7 Å². The van der Waals surface area contributed by atoms with E-state index in [-0.39, 0.29) is 18.7 Å². The highest BCUT2D eigenvalue weighted by Crippen LogP contribution is 2.10. The van der Waals surface area contributed by atoms with Crippen molar-refractivity contribution in [2.75, 3.05) is 32.7 Å². The zero-order chi connectivity index (χ0) is 15.3. The lowest BCUT2D eigenvalue weighted by Crippen LogP contribution is -2.55. The number of rotatable bonds is 6. The molecule has 4 N–H and O–H groups in total. The van der Waals surface area contributed by atoms with E-state index in [9.17, 15) is 14.7 Å². The maximum Gasteiger partial charge on any atom is 0.303 e. The van der Waals surface area contributed by atoms with Crippen LogP contribution in [0, 0.1) is 0 Å². The average molecular weight is 287 g/mol. The van der Waals surface area contributed by atoms with Crippen molar-refractivity contribution in [1.82, 2.24) is 9.80 Å². The molecule has 1 unspecified atom stereocenters. The number of aliphatic hydroxyl groups is 1. The number of amides is 1. The Morgan fingerprint density at radius 2 is 1.80 bits per heavy atom. The molecule has 0 aromatic rings. The first-order chi connectivity index (χ1) is 9.19. The predicted octanol–water partition coefficient (Wildman–Crippen LogP) is -0.906. The largest absolute Gasteiger partial charge is 0.481 e. The smallest absolute Gasteiger partial charge is 0.303 e. The first-order valence-corrected chi connectivity index (χ1v) is 6.90. The van der Waals surface area contributed by atoms with Gasteiger partial charge in [-0.15, -0.1) is 0 Å². The van der Waals surface area contributed by atoms with Gasteiger partial charge in [0.15, 0.2) is 0 Å². The Balaban J connectivity index is 2.37. The maximum atomic E-state index is 12.0. The molecule has 1 rings (SSSR count). The summed E-state index contributed by atoms with van der Waals surface area (Å²) in [6.45, 7) is 6.60. The number of β-amino-alcohol motifs (C(OH)–C–C–N with tert-alkyl or cyclic N) is 1. The average Bonchev–Trinajstić information content (AvgIpc) is 2.34. The van der Waals surface area contributed by atoms with Gasteiger partial charge in [-0.2, -0.15) is 0 Å². The van der Waals surface area contributed by atoms with Crippen LogP contribution in [0.1, 0.15) is 26.7 Å². The van der Waals surface area contributed by atoms with Gasteiger partial charge in [0.1, 0.15) is 0 Å². The number of carboxylic acids is 1. The van der Waals surface area contributed by atoms with E-state index in [2.05, 4.69) is 4.90 Å². The summed E-state index contributed by atoms with van der Waals surface area (Å²) in [5.41, 5.74) is 4.98. The number of piperazine rings is 1. The monoisotopic (exact) mass is 287 g/mol. The van der Waals surface area contributed by atoms with Crippen molar-refractivity contribution < 1.29 is 19.8 Å². The van der Waals surface area contributed by atoms with Crippen molar-refractivity contribution in [2.24, 2.45) is 5.73 Å². The molecule has 1 fully saturated rings. The molecule has 0 radical (unpaired) electrons. The molecule has 1 aliphatic rings. The van der Waals surface area contributed by atoms with Gasteiger partial charge >= 0.3 is 5.97 Å². The van der Waals surface area contributed by atoms with E-state index < -0.39 is 17.6 Å². The van der Waals surface area contributed by atoms with Gasteiger partial charge in [-0.05, 0) is 20.3 Å². The van der Waals surface area contributed by atoms with E-state index in [1.165, 1.54) is 0 Å². The number of carbonyl (C=O) groups is 2. The van der Waals surface area contributed by atoms with Crippen LogP contribution < -0.4 is 5.73 Å². The van der Waals surface area contributed by atoms with Crippen molar-refractivity contribution in [3.05, 3.63) is 0 Å². The lowest BCUT2D eigenvalue weighted by atomic mass is 10.1. The number of hydrogen-bond donors (Lipinski definition) is 3. The van der Waals surface area contributed by atoms with Gasteiger partial charge in [-0.25, -0.2) is 0 Å². The third-order valence-electron chi connectivity index (χ3n) is 3.28. The molecule has 0 saturated carbocycles. The first kappa shape index (κ1) is 16.9. The molecule has 0 bridgehead atoms. The Hall–Kier alpha value is -1.18. The van der Waals surface area contributed by atoms with Crippen molar-refractivity contribution in [2.45, 2.75) is 38.3 Å². The van der Waals surface area contributed by atoms with Crippen molar-refractivity contribution in [1.29, 1.82) is 0 Å². The fourth-order valence-corrected chi connectivity index (χ4v) is 2.31. The van der Waals surface area contributed by atoms with Gasteiger partial charge in [0, 0.05) is 39.1 Å². The first-order valence-electron chi connectivity index (χ1n) is 6.90. The fourth-order valence-electron chi connectivity index (χ4n) is 2.31. The standard InChI is InChI=1S/C13H25N3O4/c1-13(2,20)9-15-5-7-16(8-6-15)12(19)10(14)3-4-11(17)18/h10,20H,3-9,14H2,1-2H3,(H,17,18). The molecular weight excluding hydrogens is 262 g/mol. The van der Waals surface area contributed by atoms with E-state index >= 15 is 0 Å². The van der Waals surface area contributed by atoms with Gasteiger partial charge in [0.2, 0.25) is 5.91 Å². The van der Waals surface area contributed by atoms with Crippen LogP contribution in [0.3, 0.4) is 0 Å². The van der Waals surface area contributed by atoms with Crippen LogP contribution in [0.4, 0.5) is 0 Å². The quantitative estimate of drug-likeness (QED) is 0.584. The van der Waals surface area contributed by atoms with E-state index in [1.807, 2.05) is 0 Å². The molecule has 1 amide bonds. The summed E-state index contributed by atoms with van der Waals surface area (Å²) in [5, 5.41) is 18.3. The molecule has 0 aliphatic carbocycles. The van der Waals surface area contributed by atoms with Gasteiger partial charge < -0.3 is 20.8 Å². The molecule has 7 nitrogen and oxygen atoms in total. The number of carbonyl (C=O) groups excluding carboxylic acids is 1. The molecule has 7 heteroatoms. The molecule has 1 aliphatic heterocycles. The third kappa shape index (κ3) is 5.85. The minimum atomic E-state index is -0.941. The zero-order valence-electron chi connectivity index (χ0n) is 12.2. The molecule has 0 aromatic carbocycles. The molecule has 20 heavy (non-hydrogen) atoms. The molecule has 1 heterocycles. The Labute approximate surface area is 119 Å². The van der Waals surface area contributed by atoms with E-state index in [0.29, 0.717) is 32.7 Å². The van der Waals surface area contributed by atoms with Crippen LogP contribution in [0.25, 0.3) is 0 Å². The van der Waals surface area contributed by atoms with Crippen LogP contribution >= 0.6 is 0 Å². The number of carboxylic acid groups (broad SMARTS) is 1. The van der Waals surface area contributed by atoms with E-state index in [0.717, 1.165) is 0 Å². The molecule has 1 saturated heterocycles. The highest BCUT2D eigenvalue weighted by molar-refractivity contribution is 5.82. The highest BCUT2D eigenvalue weighted by atomic mass is 16.4. The molecular formula is C13H25N3O4. The Kier molecular flexibility index (Phi) is 5.91. The number of hydrogen-bond acceptors (Lipinski definition) is 5. The number of nitrogens with zero attached hydrogens (tertiary/aromatic N) is 2. The Morgan fingerprint density at radius 3 is 2.25 bits per heavy atom. The second-order valence-electron chi connectivity index (χ2n) is 5.95. The lowest BCUT2D eigenvalue weighted by Gasteiger charge is -2.38. The maximum absolute atomic E-state index is 12.0. The summed E-state index contributed by atoms with van der Waals surface area (Å²) in [6, 6.07) is -0.744. The SMILES string of the molecule is CC(C)(O)CN1CCN(C(=O)C(N)CCC(=O)O)CC1. The summed E-state index contributed by atoms with van der Waals surface area (Å²) in [4.78, 5) is 26.3. The van der Waals surface area contributed by atoms with Crippen LogP contribution in [-0.4, -0.2) is 76.3 Å². The van der Waals surface area contributed by atoms with Gasteiger partial charge in [0.25, 0.3) is 0 Å².